The molecule has 0 saturated carbocycles. The van der Waals surface area contributed by atoms with Crippen LogP contribution in [0.5, 0.6) is 5.75 Å². The van der Waals surface area contributed by atoms with Crippen LogP contribution in [0.25, 0.3) is 10.2 Å². The molecule has 0 aliphatic heterocycles. The lowest BCUT2D eigenvalue weighted by Crippen LogP contribution is -2.31. The van der Waals surface area contributed by atoms with Crippen LogP contribution < -0.4 is 9.64 Å². The van der Waals surface area contributed by atoms with Crippen LogP contribution in [0.15, 0.2) is 70.2 Å². The lowest BCUT2D eigenvalue weighted by atomic mass is 10.1. The first kappa shape index (κ1) is 20.5. The topological polar surface area (TPSA) is 55.6 Å². The van der Waals surface area contributed by atoms with Crippen molar-refractivity contribution in [2.75, 3.05) is 17.8 Å². The van der Waals surface area contributed by atoms with E-state index in [4.69, 9.17) is 14.1 Å². The first-order valence-corrected chi connectivity index (χ1v) is 11.7. The number of hydrogen-bond acceptors (Lipinski definition) is 6. The second-order valence-electron chi connectivity index (χ2n) is 6.62. The van der Waals surface area contributed by atoms with Crippen LogP contribution in [-0.2, 0) is 17.8 Å². The van der Waals surface area contributed by atoms with E-state index in [9.17, 15) is 4.79 Å². The molecule has 2 aromatic carbocycles. The molecule has 1 amide bonds. The minimum absolute atomic E-state index is 0.0275. The predicted molar refractivity (Wildman–Crippen MR) is 123 cm³/mol. The first-order valence-electron chi connectivity index (χ1n) is 9.66. The molecule has 4 rings (SSSR count). The molecule has 0 N–H and O–H groups in total. The average molecular weight is 439 g/mol. The molecule has 0 aliphatic rings. The van der Waals surface area contributed by atoms with Gasteiger partial charge in [0, 0.05) is 4.90 Å². The van der Waals surface area contributed by atoms with E-state index in [1.807, 2.05) is 67.8 Å². The van der Waals surface area contributed by atoms with Crippen LogP contribution in [0, 0.1) is 0 Å². The highest BCUT2D eigenvalue weighted by Gasteiger charge is 2.22. The van der Waals surface area contributed by atoms with Crippen molar-refractivity contribution in [3.8, 4) is 5.75 Å². The Hall–Kier alpha value is -2.77. The zero-order chi connectivity index (χ0) is 20.9. The normalized spacial score (nSPS) is 11.0. The third-order valence-corrected chi connectivity index (χ3v) is 6.40. The van der Waals surface area contributed by atoms with Crippen LogP contribution in [0.2, 0.25) is 0 Å². The molecular weight excluding hydrogens is 416 g/mol. The summed E-state index contributed by atoms with van der Waals surface area (Å²) in [6, 6.07) is 17.6. The maximum Gasteiger partial charge on any atom is 0.233 e. The molecule has 2 aromatic heterocycles. The average Bonchev–Trinajstić information content (AvgIpc) is 3.43. The molecular formula is C23H22N2O3S2. The van der Waals surface area contributed by atoms with Gasteiger partial charge in [-0.1, -0.05) is 29.5 Å². The number of anilines is 1. The van der Waals surface area contributed by atoms with Crippen LogP contribution >= 0.6 is 23.1 Å². The molecule has 0 saturated heterocycles. The molecule has 0 spiro atoms. The summed E-state index contributed by atoms with van der Waals surface area (Å²) >= 11 is 3.16. The van der Waals surface area contributed by atoms with Crippen LogP contribution in [0.3, 0.4) is 0 Å². The number of rotatable bonds is 8. The Bertz CT molecular complexity index is 1120. The summed E-state index contributed by atoms with van der Waals surface area (Å²) < 4.78 is 12.2. The Labute approximate surface area is 183 Å². The third-order valence-electron chi connectivity index (χ3n) is 4.61. The monoisotopic (exact) mass is 438 g/mol. The zero-order valence-corrected chi connectivity index (χ0v) is 18.5. The lowest BCUT2D eigenvalue weighted by molar-refractivity contribution is -0.118. The number of fused-ring (bicyclic) bond motifs is 1. The number of amides is 1. The van der Waals surface area contributed by atoms with Gasteiger partial charge in [-0.15, -0.1) is 11.8 Å². The number of carbonyl (C=O) groups excluding carboxylic acids is 1. The van der Waals surface area contributed by atoms with E-state index in [1.54, 1.807) is 22.9 Å². The van der Waals surface area contributed by atoms with Crippen molar-refractivity contribution >= 4 is 44.4 Å². The SMILES string of the molecule is CCOc1cccc2sc(N(Cc3ccco3)C(=O)Cc3ccc(SC)cc3)nc12. The van der Waals surface area contributed by atoms with Gasteiger partial charge in [0.1, 0.15) is 17.0 Å². The van der Waals surface area contributed by atoms with Gasteiger partial charge in [-0.2, -0.15) is 0 Å². The van der Waals surface area contributed by atoms with Gasteiger partial charge in [-0.05, 0) is 55.1 Å². The molecule has 0 fully saturated rings. The van der Waals surface area contributed by atoms with Crippen molar-refractivity contribution in [1.82, 2.24) is 4.98 Å². The minimum atomic E-state index is -0.0275. The van der Waals surface area contributed by atoms with Gasteiger partial charge in [-0.3, -0.25) is 9.69 Å². The van der Waals surface area contributed by atoms with Crippen LogP contribution in [-0.4, -0.2) is 23.8 Å². The summed E-state index contributed by atoms with van der Waals surface area (Å²) in [6.07, 6.45) is 3.95. The van der Waals surface area contributed by atoms with Crippen molar-refractivity contribution in [2.45, 2.75) is 24.8 Å². The first-order chi connectivity index (χ1) is 14.7. The number of furan rings is 1. The van der Waals surface area contributed by atoms with Gasteiger partial charge in [-0.25, -0.2) is 4.98 Å². The zero-order valence-electron chi connectivity index (χ0n) is 16.8. The standard InChI is InChI=1S/C23H22N2O3S2/c1-3-27-19-7-4-8-20-22(19)24-23(30-20)25(15-17-6-5-13-28-17)21(26)14-16-9-11-18(29-2)12-10-16/h4-13H,3,14-15H2,1-2H3. The van der Waals surface area contributed by atoms with Crippen molar-refractivity contribution in [1.29, 1.82) is 0 Å². The van der Waals surface area contributed by atoms with E-state index in [0.717, 1.165) is 21.5 Å². The number of thioether (sulfide) groups is 1. The van der Waals surface area contributed by atoms with Crippen molar-refractivity contribution in [2.24, 2.45) is 0 Å². The van der Waals surface area contributed by atoms with Gasteiger partial charge in [0.15, 0.2) is 5.13 Å². The largest absolute Gasteiger partial charge is 0.492 e. The van der Waals surface area contributed by atoms with Crippen molar-refractivity contribution in [3.05, 3.63) is 72.2 Å². The molecule has 0 aliphatic carbocycles. The van der Waals surface area contributed by atoms with Crippen molar-refractivity contribution in [3.63, 3.8) is 0 Å². The summed E-state index contributed by atoms with van der Waals surface area (Å²) in [5, 5.41) is 0.638. The summed E-state index contributed by atoms with van der Waals surface area (Å²) in [5.41, 5.74) is 1.75. The fraction of sp³-hybridized carbons (Fsp3) is 0.217. The number of para-hydroxylation sites is 1. The maximum atomic E-state index is 13.3. The summed E-state index contributed by atoms with van der Waals surface area (Å²) in [4.78, 5) is 20.9. The molecule has 2 heterocycles. The Balaban J connectivity index is 1.66. The summed E-state index contributed by atoms with van der Waals surface area (Å²) in [7, 11) is 0. The smallest absolute Gasteiger partial charge is 0.233 e. The van der Waals surface area contributed by atoms with Gasteiger partial charge < -0.3 is 9.15 Å². The number of benzene rings is 2. The highest BCUT2D eigenvalue weighted by Crippen LogP contribution is 2.35. The Morgan fingerprint density at radius 2 is 2.00 bits per heavy atom. The highest BCUT2D eigenvalue weighted by molar-refractivity contribution is 7.98. The Kier molecular flexibility index (Phi) is 6.40. The fourth-order valence-corrected chi connectivity index (χ4v) is 4.54. The number of thiazole rings is 1. The molecule has 0 unspecified atom stereocenters. The van der Waals surface area contributed by atoms with Crippen LogP contribution in [0.1, 0.15) is 18.2 Å². The van der Waals surface area contributed by atoms with Gasteiger partial charge in [0.25, 0.3) is 0 Å². The van der Waals surface area contributed by atoms with Crippen LogP contribution in [0.4, 0.5) is 5.13 Å². The quantitative estimate of drug-likeness (QED) is 0.326. The Morgan fingerprint density at radius 3 is 2.70 bits per heavy atom. The molecule has 30 heavy (non-hydrogen) atoms. The molecule has 7 heteroatoms. The van der Waals surface area contributed by atoms with E-state index in [0.29, 0.717) is 30.5 Å². The maximum absolute atomic E-state index is 13.3. The van der Waals surface area contributed by atoms with Crippen molar-refractivity contribution < 1.29 is 13.9 Å². The summed E-state index contributed by atoms with van der Waals surface area (Å²) in [6.45, 7) is 2.84. The number of ether oxygens (including phenoxy) is 1. The van der Waals surface area contributed by atoms with E-state index >= 15 is 0 Å². The van der Waals surface area contributed by atoms with E-state index in [-0.39, 0.29) is 5.91 Å². The summed E-state index contributed by atoms with van der Waals surface area (Å²) in [5.74, 6) is 1.42. The van der Waals surface area contributed by atoms with E-state index < -0.39 is 0 Å². The molecule has 0 bridgehead atoms. The number of nitrogens with zero attached hydrogens (tertiary/aromatic N) is 2. The third kappa shape index (κ3) is 4.52. The second kappa shape index (κ2) is 9.36. The molecule has 0 atom stereocenters. The minimum Gasteiger partial charge on any atom is -0.492 e. The van der Waals surface area contributed by atoms with Gasteiger partial charge >= 0.3 is 0 Å². The van der Waals surface area contributed by atoms with Gasteiger partial charge in [0.2, 0.25) is 5.91 Å². The van der Waals surface area contributed by atoms with E-state index in [1.165, 1.54) is 16.2 Å². The van der Waals surface area contributed by atoms with Gasteiger partial charge in [0.05, 0.1) is 30.5 Å². The molecule has 0 radical (unpaired) electrons. The number of carbonyl (C=O) groups is 1. The number of hydrogen-bond donors (Lipinski definition) is 0. The molecule has 5 nitrogen and oxygen atoms in total. The van der Waals surface area contributed by atoms with E-state index in [2.05, 4.69) is 0 Å². The highest BCUT2D eigenvalue weighted by atomic mass is 32.2. The molecule has 154 valence electrons. The fourth-order valence-electron chi connectivity index (χ4n) is 3.13. The Morgan fingerprint density at radius 1 is 1.17 bits per heavy atom. The second-order valence-corrected chi connectivity index (χ2v) is 8.51. The lowest BCUT2D eigenvalue weighted by Gasteiger charge is -2.19. The molecule has 4 aromatic rings. The number of aromatic nitrogens is 1. The predicted octanol–water partition coefficient (Wildman–Crippen LogP) is 5.79.